The summed E-state index contributed by atoms with van der Waals surface area (Å²) in [6.07, 6.45) is 4.02. The SMILES string of the molecule is CNCCCCS(=O)(=O)NCC1CN2CCCC2CO1. The summed E-state index contributed by atoms with van der Waals surface area (Å²) in [6, 6.07) is 0.560. The van der Waals surface area contributed by atoms with Gasteiger partial charge in [0.2, 0.25) is 10.0 Å². The molecule has 7 heteroatoms. The van der Waals surface area contributed by atoms with Gasteiger partial charge in [0.05, 0.1) is 18.5 Å². The standard InChI is InChI=1S/C13H27N3O3S/c1-14-6-2-3-8-20(17,18)15-9-13-10-16-7-4-5-12(16)11-19-13/h12-15H,2-11H2,1H3. The Morgan fingerprint density at radius 3 is 3.00 bits per heavy atom. The Labute approximate surface area is 122 Å². The Hall–Kier alpha value is -0.210. The van der Waals surface area contributed by atoms with Crippen LogP contribution in [0.25, 0.3) is 0 Å². The molecule has 2 aliphatic heterocycles. The van der Waals surface area contributed by atoms with Crippen LogP contribution >= 0.6 is 0 Å². The van der Waals surface area contributed by atoms with Gasteiger partial charge in [-0.25, -0.2) is 13.1 Å². The van der Waals surface area contributed by atoms with E-state index in [9.17, 15) is 8.42 Å². The average Bonchev–Trinajstić information content (AvgIpc) is 2.89. The van der Waals surface area contributed by atoms with E-state index in [1.807, 2.05) is 7.05 Å². The molecule has 118 valence electrons. The number of fused-ring (bicyclic) bond motifs is 1. The van der Waals surface area contributed by atoms with Crippen molar-refractivity contribution in [3.05, 3.63) is 0 Å². The van der Waals surface area contributed by atoms with E-state index >= 15 is 0 Å². The zero-order valence-electron chi connectivity index (χ0n) is 12.3. The zero-order chi connectivity index (χ0) is 14.4. The summed E-state index contributed by atoms with van der Waals surface area (Å²) in [7, 11) is -1.29. The summed E-state index contributed by atoms with van der Waals surface area (Å²) in [5, 5.41) is 3.02. The quantitative estimate of drug-likeness (QED) is 0.606. The number of ether oxygens (including phenoxy) is 1. The molecule has 20 heavy (non-hydrogen) atoms. The minimum Gasteiger partial charge on any atom is -0.374 e. The summed E-state index contributed by atoms with van der Waals surface area (Å²) in [5.41, 5.74) is 0. The lowest BCUT2D eigenvalue weighted by Gasteiger charge is -2.35. The molecule has 2 saturated heterocycles. The maximum Gasteiger partial charge on any atom is 0.211 e. The normalized spacial score (nSPS) is 27.6. The van der Waals surface area contributed by atoms with Crippen molar-refractivity contribution >= 4 is 10.0 Å². The van der Waals surface area contributed by atoms with Gasteiger partial charge in [0.1, 0.15) is 0 Å². The van der Waals surface area contributed by atoms with Crippen molar-refractivity contribution in [2.45, 2.75) is 37.8 Å². The Morgan fingerprint density at radius 1 is 1.35 bits per heavy atom. The van der Waals surface area contributed by atoms with Gasteiger partial charge in [-0.3, -0.25) is 4.90 Å². The predicted octanol–water partition coefficient (Wildman–Crippen LogP) is -0.231. The van der Waals surface area contributed by atoms with Gasteiger partial charge in [-0.1, -0.05) is 0 Å². The van der Waals surface area contributed by atoms with E-state index in [1.54, 1.807) is 0 Å². The third kappa shape index (κ3) is 4.96. The van der Waals surface area contributed by atoms with Crippen LogP contribution in [-0.4, -0.2) is 71.0 Å². The van der Waals surface area contributed by atoms with E-state index < -0.39 is 10.0 Å². The lowest BCUT2D eigenvalue weighted by Crippen LogP contribution is -2.50. The maximum absolute atomic E-state index is 11.9. The van der Waals surface area contributed by atoms with Gasteiger partial charge in [0.15, 0.2) is 0 Å². The highest BCUT2D eigenvalue weighted by Crippen LogP contribution is 2.22. The molecule has 0 aliphatic carbocycles. The Kier molecular flexibility index (Phi) is 6.22. The van der Waals surface area contributed by atoms with Crippen molar-refractivity contribution in [2.75, 3.05) is 45.6 Å². The topological polar surface area (TPSA) is 70.7 Å². The van der Waals surface area contributed by atoms with Gasteiger partial charge in [-0.2, -0.15) is 0 Å². The third-order valence-corrected chi connectivity index (χ3v) is 5.51. The Balaban J connectivity index is 1.66. The molecule has 2 aliphatic rings. The fraction of sp³-hybridized carbons (Fsp3) is 1.00. The molecule has 6 nitrogen and oxygen atoms in total. The van der Waals surface area contributed by atoms with Crippen molar-refractivity contribution in [2.24, 2.45) is 0 Å². The van der Waals surface area contributed by atoms with Crippen LogP contribution in [0.2, 0.25) is 0 Å². The van der Waals surface area contributed by atoms with E-state index in [-0.39, 0.29) is 11.9 Å². The number of nitrogens with one attached hydrogen (secondary N) is 2. The van der Waals surface area contributed by atoms with Crippen molar-refractivity contribution in [1.29, 1.82) is 0 Å². The molecule has 0 bridgehead atoms. The molecule has 2 fully saturated rings. The van der Waals surface area contributed by atoms with Crippen LogP contribution in [0.5, 0.6) is 0 Å². The van der Waals surface area contributed by atoms with Gasteiger partial charge in [0.25, 0.3) is 0 Å². The molecule has 2 atom stereocenters. The molecule has 2 unspecified atom stereocenters. The van der Waals surface area contributed by atoms with Crippen LogP contribution in [0.3, 0.4) is 0 Å². The van der Waals surface area contributed by atoms with Crippen LogP contribution in [0.1, 0.15) is 25.7 Å². The summed E-state index contributed by atoms with van der Waals surface area (Å²) < 4.78 is 32.2. The summed E-state index contributed by atoms with van der Waals surface area (Å²) in [6.45, 7) is 3.98. The minimum atomic E-state index is -3.16. The highest BCUT2D eigenvalue weighted by atomic mass is 32.2. The van der Waals surface area contributed by atoms with Gasteiger partial charge in [0, 0.05) is 19.1 Å². The molecule has 0 spiro atoms. The number of sulfonamides is 1. The van der Waals surface area contributed by atoms with Gasteiger partial charge in [-0.05, 0) is 45.8 Å². The number of morpholine rings is 1. The van der Waals surface area contributed by atoms with Gasteiger partial charge < -0.3 is 10.1 Å². The van der Waals surface area contributed by atoms with Crippen LogP contribution < -0.4 is 10.0 Å². The second kappa shape index (κ2) is 7.70. The Morgan fingerprint density at radius 2 is 2.20 bits per heavy atom. The third-order valence-electron chi connectivity index (χ3n) is 4.08. The average molecular weight is 305 g/mol. The predicted molar refractivity (Wildman–Crippen MR) is 79.3 cm³/mol. The highest BCUT2D eigenvalue weighted by molar-refractivity contribution is 7.89. The van der Waals surface area contributed by atoms with Crippen LogP contribution in [-0.2, 0) is 14.8 Å². The zero-order valence-corrected chi connectivity index (χ0v) is 13.1. The molecule has 2 rings (SSSR count). The second-order valence-corrected chi connectivity index (χ2v) is 7.65. The highest BCUT2D eigenvalue weighted by Gasteiger charge is 2.32. The number of hydrogen-bond donors (Lipinski definition) is 2. The first-order valence-corrected chi connectivity index (χ1v) is 9.23. The number of unbranched alkanes of at least 4 members (excludes halogenated alkanes) is 1. The molecule has 0 saturated carbocycles. The van der Waals surface area contributed by atoms with Crippen LogP contribution in [0, 0.1) is 0 Å². The molecular weight excluding hydrogens is 278 g/mol. The molecular formula is C13H27N3O3S. The lowest BCUT2D eigenvalue weighted by molar-refractivity contribution is -0.0449. The van der Waals surface area contributed by atoms with Crippen molar-refractivity contribution in [3.8, 4) is 0 Å². The number of rotatable bonds is 8. The van der Waals surface area contributed by atoms with E-state index in [1.165, 1.54) is 12.8 Å². The van der Waals surface area contributed by atoms with E-state index in [4.69, 9.17) is 4.74 Å². The lowest BCUT2D eigenvalue weighted by atomic mass is 10.2. The molecule has 2 heterocycles. The largest absolute Gasteiger partial charge is 0.374 e. The maximum atomic E-state index is 11.9. The van der Waals surface area contributed by atoms with E-state index in [2.05, 4.69) is 14.9 Å². The van der Waals surface area contributed by atoms with E-state index in [0.717, 1.165) is 32.7 Å². The first kappa shape index (κ1) is 16.2. The van der Waals surface area contributed by atoms with Gasteiger partial charge >= 0.3 is 0 Å². The molecule has 0 aromatic rings. The first-order chi connectivity index (χ1) is 9.61. The molecule has 2 N–H and O–H groups in total. The molecule has 0 aromatic heterocycles. The number of hydrogen-bond acceptors (Lipinski definition) is 5. The van der Waals surface area contributed by atoms with Crippen molar-refractivity contribution in [3.63, 3.8) is 0 Å². The van der Waals surface area contributed by atoms with Crippen LogP contribution in [0.4, 0.5) is 0 Å². The monoisotopic (exact) mass is 305 g/mol. The van der Waals surface area contributed by atoms with Crippen molar-refractivity contribution < 1.29 is 13.2 Å². The second-order valence-electron chi connectivity index (χ2n) is 5.72. The summed E-state index contributed by atoms with van der Waals surface area (Å²) >= 11 is 0. The fourth-order valence-electron chi connectivity index (χ4n) is 2.90. The smallest absolute Gasteiger partial charge is 0.211 e. The van der Waals surface area contributed by atoms with Gasteiger partial charge in [-0.15, -0.1) is 0 Å². The summed E-state index contributed by atoms with van der Waals surface area (Å²) in [4.78, 5) is 2.43. The first-order valence-electron chi connectivity index (χ1n) is 7.58. The molecule has 0 radical (unpaired) electrons. The van der Waals surface area contributed by atoms with Crippen molar-refractivity contribution in [1.82, 2.24) is 14.9 Å². The van der Waals surface area contributed by atoms with E-state index in [0.29, 0.717) is 19.0 Å². The molecule has 0 amide bonds. The summed E-state index contributed by atoms with van der Waals surface area (Å²) in [5.74, 6) is 0.202. The fourth-order valence-corrected chi connectivity index (χ4v) is 4.06. The number of nitrogens with zero attached hydrogens (tertiary/aromatic N) is 1. The van der Waals surface area contributed by atoms with Crippen LogP contribution in [0.15, 0.2) is 0 Å². The molecule has 0 aromatic carbocycles. The Bertz CT molecular complexity index is 388. The minimum absolute atomic E-state index is 0.00330.